The second-order valence-electron chi connectivity index (χ2n) is 4.73. The maximum absolute atomic E-state index is 12.0. The van der Waals surface area contributed by atoms with Gasteiger partial charge in [-0.25, -0.2) is 9.69 Å². The molecule has 3 amide bonds. The van der Waals surface area contributed by atoms with Crippen molar-refractivity contribution < 1.29 is 28.9 Å². The number of aliphatic hydroxyl groups is 1. The van der Waals surface area contributed by atoms with Crippen LogP contribution in [0.2, 0.25) is 0 Å². The Bertz CT molecular complexity index is 501. The monoisotopic (exact) mass is 310 g/mol. The molecule has 5 rings (SSSR count). The van der Waals surface area contributed by atoms with E-state index < -0.39 is 46.7 Å². The van der Waals surface area contributed by atoms with Crippen molar-refractivity contribution in [2.24, 2.45) is 0 Å². The van der Waals surface area contributed by atoms with Crippen LogP contribution in [0.25, 0.3) is 0 Å². The Morgan fingerprint density at radius 1 is 1.42 bits per heavy atom. The van der Waals surface area contributed by atoms with Crippen LogP contribution in [0.15, 0.2) is 0 Å². The summed E-state index contributed by atoms with van der Waals surface area (Å²) >= 11 is 12.0. The third kappa shape index (κ3) is 1.16. The van der Waals surface area contributed by atoms with Crippen LogP contribution in [-0.2, 0) is 19.0 Å². The van der Waals surface area contributed by atoms with E-state index in [4.69, 9.17) is 37.4 Å². The van der Waals surface area contributed by atoms with Crippen molar-refractivity contribution >= 4 is 35.1 Å². The number of fused-ring (bicyclic) bond motifs is 1. The zero-order valence-electron chi connectivity index (χ0n) is 9.21. The topological polar surface area (TPSA) is 97.3 Å². The van der Waals surface area contributed by atoms with Gasteiger partial charge in [-0.15, -0.1) is 0 Å². The lowest BCUT2D eigenvalue weighted by Crippen LogP contribution is -2.73. The van der Waals surface area contributed by atoms with Gasteiger partial charge < -0.3 is 19.3 Å². The van der Waals surface area contributed by atoms with Gasteiger partial charge in [-0.05, 0) is 0 Å². The van der Waals surface area contributed by atoms with E-state index in [9.17, 15) is 14.7 Å². The highest BCUT2D eigenvalue weighted by Gasteiger charge is 2.77. The van der Waals surface area contributed by atoms with Crippen molar-refractivity contribution in [2.75, 3.05) is 6.61 Å². The lowest BCUT2D eigenvalue weighted by Gasteiger charge is -2.45. The fourth-order valence-electron chi connectivity index (χ4n) is 2.84. The van der Waals surface area contributed by atoms with E-state index in [0.717, 1.165) is 4.90 Å². The number of hydrogen-bond donors (Lipinski definition) is 2. The summed E-state index contributed by atoms with van der Waals surface area (Å²) in [7, 11) is 0. The maximum atomic E-state index is 12.0. The van der Waals surface area contributed by atoms with E-state index in [0.29, 0.717) is 0 Å². The molecule has 5 atom stereocenters. The first-order valence-corrected chi connectivity index (χ1v) is 6.32. The minimum absolute atomic E-state index is 0.0909. The van der Waals surface area contributed by atoms with Crippen LogP contribution in [0.1, 0.15) is 0 Å². The summed E-state index contributed by atoms with van der Waals surface area (Å²) < 4.78 is 14.3. The summed E-state index contributed by atoms with van der Waals surface area (Å²) in [6.07, 6.45) is -3.40. The molecule has 0 saturated carbocycles. The highest BCUT2D eigenvalue weighted by Crippen LogP contribution is 2.54. The fourth-order valence-corrected chi connectivity index (χ4v) is 3.32. The molecule has 0 unspecified atom stereocenters. The van der Waals surface area contributed by atoms with Gasteiger partial charge in [-0.3, -0.25) is 10.1 Å². The summed E-state index contributed by atoms with van der Waals surface area (Å²) in [4.78, 5) is 24.7. The zero-order valence-corrected chi connectivity index (χ0v) is 10.7. The third-order valence-corrected chi connectivity index (χ3v) is 4.57. The number of amides is 3. The minimum atomic E-state index is -2.16. The molecule has 0 aromatic heterocycles. The Labute approximate surface area is 116 Å². The first kappa shape index (κ1) is 12.1. The SMILES string of the molecule is O=C1NC(=O)C(Cl)(Cl)[C@]23OC[C@H]4O[C@H]([C@@H](O2)[C@@H]4O)N13. The molecule has 104 valence electrons. The zero-order chi connectivity index (χ0) is 13.6. The molecule has 4 bridgehead atoms. The second kappa shape index (κ2) is 3.33. The fraction of sp³-hybridized carbons (Fsp3) is 0.778. The van der Waals surface area contributed by atoms with Crippen molar-refractivity contribution in [2.45, 2.75) is 34.8 Å². The summed E-state index contributed by atoms with van der Waals surface area (Å²) in [6.45, 7) is -0.0909. The number of nitrogens with one attached hydrogen (secondary N) is 1. The van der Waals surface area contributed by atoms with Gasteiger partial charge in [0.25, 0.3) is 10.2 Å². The number of hydrogen-bond acceptors (Lipinski definition) is 6. The highest BCUT2D eigenvalue weighted by atomic mass is 35.5. The molecular formula is C9H8Cl2N2O6. The van der Waals surface area contributed by atoms with Crippen molar-refractivity contribution in [3.63, 3.8) is 0 Å². The Morgan fingerprint density at radius 2 is 2.16 bits per heavy atom. The molecule has 5 aliphatic rings. The Hall–Kier alpha value is -0.640. The van der Waals surface area contributed by atoms with E-state index in [2.05, 4.69) is 0 Å². The van der Waals surface area contributed by atoms with Gasteiger partial charge in [0, 0.05) is 0 Å². The van der Waals surface area contributed by atoms with Gasteiger partial charge in [-0.2, -0.15) is 0 Å². The van der Waals surface area contributed by atoms with Crippen LogP contribution in [0.3, 0.4) is 0 Å². The average Bonchev–Trinajstić information content (AvgIpc) is 2.65. The number of ether oxygens (including phenoxy) is 3. The van der Waals surface area contributed by atoms with Crippen LogP contribution in [-0.4, -0.2) is 63.3 Å². The van der Waals surface area contributed by atoms with E-state index in [1.54, 1.807) is 0 Å². The number of rotatable bonds is 0. The molecular weight excluding hydrogens is 303 g/mol. The van der Waals surface area contributed by atoms with Gasteiger partial charge in [0.1, 0.15) is 18.3 Å². The predicted molar refractivity (Wildman–Crippen MR) is 58.0 cm³/mol. The summed E-state index contributed by atoms with van der Waals surface area (Å²) in [5.74, 6) is -2.91. The molecule has 2 N–H and O–H groups in total. The standard InChI is InChI=1S/C9H8Cl2N2O6/c10-8(11)6(15)12-7(16)13-5-4-3(14)2(18-5)1-17-9(8,13)19-4/h2-5,14H,1H2,(H,12,15,16)/t2-,3-,4+,5-,9+/m1/s1. The number of urea groups is 1. The van der Waals surface area contributed by atoms with E-state index in [-0.39, 0.29) is 6.61 Å². The summed E-state index contributed by atoms with van der Waals surface area (Å²) in [5.41, 5.74) is 0. The summed E-state index contributed by atoms with van der Waals surface area (Å²) in [5, 5.41) is 12.0. The van der Waals surface area contributed by atoms with Crippen molar-refractivity contribution in [1.29, 1.82) is 0 Å². The van der Waals surface area contributed by atoms with E-state index in [1.807, 2.05) is 5.32 Å². The quantitative estimate of drug-likeness (QED) is 0.550. The Morgan fingerprint density at radius 3 is 2.89 bits per heavy atom. The molecule has 5 heterocycles. The van der Waals surface area contributed by atoms with Gasteiger partial charge >= 0.3 is 11.9 Å². The molecule has 0 aromatic carbocycles. The van der Waals surface area contributed by atoms with Crippen LogP contribution < -0.4 is 5.32 Å². The number of aliphatic hydroxyl groups excluding tert-OH is 1. The minimum Gasteiger partial charge on any atom is -0.387 e. The lowest BCUT2D eigenvalue weighted by atomic mass is 10.1. The van der Waals surface area contributed by atoms with Gasteiger partial charge in [0.2, 0.25) is 0 Å². The smallest absolute Gasteiger partial charge is 0.330 e. The molecule has 0 aromatic rings. The molecule has 1 spiro atoms. The number of alkyl halides is 2. The van der Waals surface area contributed by atoms with Crippen LogP contribution in [0.5, 0.6) is 0 Å². The number of halogens is 2. The van der Waals surface area contributed by atoms with Crippen LogP contribution in [0.4, 0.5) is 4.79 Å². The van der Waals surface area contributed by atoms with E-state index in [1.165, 1.54) is 0 Å². The maximum Gasteiger partial charge on any atom is 0.330 e. The lowest BCUT2D eigenvalue weighted by molar-refractivity contribution is -0.273. The van der Waals surface area contributed by atoms with Crippen molar-refractivity contribution in [3.8, 4) is 0 Å². The molecule has 10 heteroatoms. The van der Waals surface area contributed by atoms with Gasteiger partial charge in [0.15, 0.2) is 6.23 Å². The number of imide groups is 1. The molecule has 5 saturated heterocycles. The number of nitrogens with zero attached hydrogens (tertiary/aromatic N) is 1. The molecule has 5 fully saturated rings. The normalized spacial score (nSPS) is 50.2. The molecule has 8 nitrogen and oxygen atoms in total. The van der Waals surface area contributed by atoms with Crippen LogP contribution in [0, 0.1) is 0 Å². The first-order chi connectivity index (χ1) is 8.88. The van der Waals surface area contributed by atoms with Crippen LogP contribution >= 0.6 is 23.2 Å². The first-order valence-electron chi connectivity index (χ1n) is 5.56. The molecule has 5 aliphatic heterocycles. The Balaban J connectivity index is 1.91. The third-order valence-electron chi connectivity index (χ3n) is 3.74. The number of carbonyl (C=O) groups is 2. The van der Waals surface area contributed by atoms with E-state index >= 15 is 0 Å². The van der Waals surface area contributed by atoms with Crippen molar-refractivity contribution in [1.82, 2.24) is 10.2 Å². The van der Waals surface area contributed by atoms with Gasteiger partial charge in [-0.1, -0.05) is 23.2 Å². The molecule has 0 aliphatic carbocycles. The van der Waals surface area contributed by atoms with Gasteiger partial charge in [0.05, 0.1) is 6.61 Å². The molecule has 19 heavy (non-hydrogen) atoms. The second-order valence-corrected chi connectivity index (χ2v) is 6.06. The average molecular weight is 311 g/mol. The Kier molecular flexibility index (Phi) is 2.12. The highest BCUT2D eigenvalue weighted by molar-refractivity contribution is 6.59. The largest absolute Gasteiger partial charge is 0.387 e. The predicted octanol–water partition coefficient (Wildman–Crippen LogP) is -1.12. The van der Waals surface area contributed by atoms with Crippen molar-refractivity contribution in [3.05, 3.63) is 0 Å². The molecule has 0 radical (unpaired) electrons. The summed E-state index contributed by atoms with van der Waals surface area (Å²) in [6, 6.07) is -0.788. The number of carbonyl (C=O) groups excluding carboxylic acids is 2.